The predicted octanol–water partition coefficient (Wildman–Crippen LogP) is 4.10. The fraction of sp³-hybridized carbons (Fsp3) is 0.667. The first kappa shape index (κ1) is 15.5. The molecule has 3 unspecified atom stereocenters. The van der Waals surface area contributed by atoms with E-state index in [4.69, 9.17) is 10.5 Å². The van der Waals surface area contributed by atoms with Gasteiger partial charge in [0.1, 0.15) is 0 Å². The molecule has 1 aliphatic rings. The number of benzene rings is 1. The molecular formula is C18H29NO. The maximum absolute atomic E-state index is 6.24. The minimum atomic E-state index is 0.204. The van der Waals surface area contributed by atoms with E-state index in [1.54, 1.807) is 0 Å². The van der Waals surface area contributed by atoms with Crippen LogP contribution in [0, 0.1) is 5.41 Å². The van der Waals surface area contributed by atoms with Crippen molar-refractivity contribution >= 4 is 0 Å². The van der Waals surface area contributed by atoms with Gasteiger partial charge in [-0.1, -0.05) is 51.1 Å². The molecule has 1 fully saturated rings. The lowest BCUT2D eigenvalue weighted by atomic mass is 9.80. The fourth-order valence-electron chi connectivity index (χ4n) is 2.89. The molecule has 20 heavy (non-hydrogen) atoms. The smallest absolute Gasteiger partial charge is 0.0731 e. The van der Waals surface area contributed by atoms with E-state index in [0.717, 1.165) is 25.9 Å². The number of rotatable bonds is 4. The van der Waals surface area contributed by atoms with Crippen LogP contribution < -0.4 is 5.73 Å². The molecule has 1 aromatic carbocycles. The monoisotopic (exact) mass is 275 g/mol. The highest BCUT2D eigenvalue weighted by molar-refractivity contribution is 5.20. The van der Waals surface area contributed by atoms with E-state index < -0.39 is 0 Å². The molecule has 2 N–H and O–H groups in total. The number of nitrogens with two attached hydrogens (primary N) is 1. The Labute approximate surface area is 123 Å². The highest BCUT2D eigenvalue weighted by Gasteiger charge is 2.29. The second-order valence-electron chi connectivity index (χ2n) is 7.30. The van der Waals surface area contributed by atoms with Crippen LogP contribution in [0.5, 0.6) is 0 Å². The van der Waals surface area contributed by atoms with Gasteiger partial charge in [-0.25, -0.2) is 0 Å². The molecule has 0 amide bonds. The molecule has 2 rings (SSSR count). The van der Waals surface area contributed by atoms with Crippen LogP contribution in [-0.4, -0.2) is 18.8 Å². The Bertz CT molecular complexity index is 396. The lowest BCUT2D eigenvalue weighted by Gasteiger charge is -2.35. The zero-order valence-corrected chi connectivity index (χ0v) is 13.1. The third kappa shape index (κ3) is 4.60. The van der Waals surface area contributed by atoms with Crippen molar-refractivity contribution in [2.45, 2.75) is 64.5 Å². The zero-order valence-electron chi connectivity index (χ0n) is 13.1. The van der Waals surface area contributed by atoms with Crippen LogP contribution in [-0.2, 0) is 4.74 Å². The van der Waals surface area contributed by atoms with Gasteiger partial charge in [0.05, 0.1) is 6.10 Å². The van der Waals surface area contributed by atoms with Gasteiger partial charge in [-0.2, -0.15) is 0 Å². The molecule has 1 saturated carbocycles. The highest BCUT2D eigenvalue weighted by atomic mass is 16.5. The van der Waals surface area contributed by atoms with Crippen LogP contribution >= 0.6 is 0 Å². The van der Waals surface area contributed by atoms with Gasteiger partial charge < -0.3 is 10.5 Å². The molecule has 0 aliphatic heterocycles. The minimum Gasteiger partial charge on any atom is -0.377 e. The molecule has 3 atom stereocenters. The second-order valence-corrected chi connectivity index (χ2v) is 7.30. The van der Waals surface area contributed by atoms with Crippen molar-refractivity contribution in [3.63, 3.8) is 0 Å². The SMILES string of the molecule is CC(C)(C)CCOC1CC(c2ccccc2)CCC1N. The number of ether oxygens (including phenoxy) is 1. The Hall–Kier alpha value is -0.860. The Morgan fingerprint density at radius 1 is 1.15 bits per heavy atom. The quantitative estimate of drug-likeness (QED) is 0.897. The molecule has 0 aromatic heterocycles. The first-order valence-electron chi connectivity index (χ1n) is 7.88. The van der Waals surface area contributed by atoms with Gasteiger partial charge in [-0.15, -0.1) is 0 Å². The lowest BCUT2D eigenvalue weighted by molar-refractivity contribution is -0.00124. The van der Waals surface area contributed by atoms with Crippen LogP contribution in [0.4, 0.5) is 0 Å². The molecule has 0 saturated heterocycles. The van der Waals surface area contributed by atoms with E-state index in [9.17, 15) is 0 Å². The van der Waals surface area contributed by atoms with Gasteiger partial charge in [-0.3, -0.25) is 0 Å². The van der Waals surface area contributed by atoms with Crippen LogP contribution in [0.1, 0.15) is 57.9 Å². The lowest BCUT2D eigenvalue weighted by Crippen LogP contribution is -2.41. The van der Waals surface area contributed by atoms with E-state index >= 15 is 0 Å². The van der Waals surface area contributed by atoms with E-state index in [2.05, 4.69) is 51.1 Å². The maximum atomic E-state index is 6.24. The van der Waals surface area contributed by atoms with Gasteiger partial charge in [0, 0.05) is 12.6 Å². The average molecular weight is 275 g/mol. The summed E-state index contributed by atoms with van der Waals surface area (Å²) in [6, 6.07) is 11.0. The van der Waals surface area contributed by atoms with Gasteiger partial charge in [-0.05, 0) is 42.6 Å². The minimum absolute atomic E-state index is 0.204. The summed E-state index contributed by atoms with van der Waals surface area (Å²) in [4.78, 5) is 0. The molecule has 2 nitrogen and oxygen atoms in total. The third-order valence-electron chi connectivity index (χ3n) is 4.30. The normalized spacial score (nSPS) is 27.5. The summed E-state index contributed by atoms with van der Waals surface area (Å²) in [5.41, 5.74) is 8.01. The molecule has 0 radical (unpaired) electrons. The summed E-state index contributed by atoms with van der Waals surface area (Å²) >= 11 is 0. The van der Waals surface area contributed by atoms with Crippen LogP contribution in [0.15, 0.2) is 30.3 Å². The number of hydrogen-bond acceptors (Lipinski definition) is 2. The standard InChI is InChI=1S/C18H29NO/c1-18(2,3)11-12-20-17-13-15(9-10-16(17)19)14-7-5-4-6-8-14/h4-8,15-17H,9-13,19H2,1-3H3. The zero-order chi connectivity index (χ0) is 14.6. The van der Waals surface area contributed by atoms with Crippen molar-refractivity contribution in [2.75, 3.05) is 6.61 Å². The summed E-state index contributed by atoms with van der Waals surface area (Å²) in [6.07, 6.45) is 4.63. The molecule has 112 valence electrons. The largest absolute Gasteiger partial charge is 0.377 e. The maximum Gasteiger partial charge on any atom is 0.0731 e. The number of hydrogen-bond donors (Lipinski definition) is 1. The third-order valence-corrected chi connectivity index (χ3v) is 4.30. The van der Waals surface area contributed by atoms with E-state index in [1.807, 2.05) is 0 Å². The fourth-order valence-corrected chi connectivity index (χ4v) is 2.89. The van der Waals surface area contributed by atoms with E-state index in [1.165, 1.54) is 12.0 Å². The summed E-state index contributed by atoms with van der Waals surface area (Å²) in [5, 5.41) is 0. The Balaban J connectivity index is 1.88. The Morgan fingerprint density at radius 3 is 2.50 bits per heavy atom. The molecule has 1 aromatic rings. The van der Waals surface area contributed by atoms with Crippen molar-refractivity contribution in [2.24, 2.45) is 11.1 Å². The molecule has 0 bridgehead atoms. The van der Waals surface area contributed by atoms with E-state index in [-0.39, 0.29) is 12.1 Å². The van der Waals surface area contributed by atoms with Crippen LogP contribution in [0.3, 0.4) is 0 Å². The van der Waals surface area contributed by atoms with Crippen molar-refractivity contribution in [3.05, 3.63) is 35.9 Å². The van der Waals surface area contributed by atoms with Gasteiger partial charge in [0.15, 0.2) is 0 Å². The summed E-state index contributed by atoms with van der Waals surface area (Å²) in [7, 11) is 0. The van der Waals surface area contributed by atoms with Crippen molar-refractivity contribution < 1.29 is 4.74 Å². The molecular weight excluding hydrogens is 246 g/mol. The van der Waals surface area contributed by atoms with Crippen molar-refractivity contribution in [1.29, 1.82) is 0 Å². The summed E-state index contributed by atoms with van der Waals surface area (Å²) < 4.78 is 6.10. The second kappa shape index (κ2) is 6.73. The predicted molar refractivity (Wildman–Crippen MR) is 84.8 cm³/mol. The molecule has 1 aliphatic carbocycles. The van der Waals surface area contributed by atoms with Crippen LogP contribution in [0.2, 0.25) is 0 Å². The van der Waals surface area contributed by atoms with Gasteiger partial charge in [0.25, 0.3) is 0 Å². The van der Waals surface area contributed by atoms with Gasteiger partial charge in [0.2, 0.25) is 0 Å². The van der Waals surface area contributed by atoms with Crippen LogP contribution in [0.25, 0.3) is 0 Å². The van der Waals surface area contributed by atoms with Gasteiger partial charge >= 0.3 is 0 Å². The molecule has 2 heteroatoms. The van der Waals surface area contributed by atoms with Crippen molar-refractivity contribution in [1.82, 2.24) is 0 Å². The first-order chi connectivity index (χ1) is 9.46. The highest BCUT2D eigenvalue weighted by Crippen LogP contribution is 2.34. The first-order valence-corrected chi connectivity index (χ1v) is 7.88. The van der Waals surface area contributed by atoms with E-state index in [0.29, 0.717) is 11.3 Å². The summed E-state index contributed by atoms with van der Waals surface area (Å²) in [5.74, 6) is 0.607. The Kier molecular flexibility index (Phi) is 5.22. The molecule has 0 heterocycles. The summed E-state index contributed by atoms with van der Waals surface area (Å²) in [6.45, 7) is 7.58. The Morgan fingerprint density at radius 2 is 1.85 bits per heavy atom. The molecule has 0 spiro atoms. The van der Waals surface area contributed by atoms with Crippen molar-refractivity contribution in [3.8, 4) is 0 Å². The average Bonchev–Trinajstić information content (AvgIpc) is 2.40. The topological polar surface area (TPSA) is 35.2 Å².